The molecule has 2 N–H and O–H groups in total. The highest BCUT2D eigenvalue weighted by molar-refractivity contribution is 5.95. The van der Waals surface area contributed by atoms with Gasteiger partial charge in [0.05, 0.1) is 0 Å². The van der Waals surface area contributed by atoms with Crippen LogP contribution in [0.3, 0.4) is 0 Å². The third-order valence-corrected chi connectivity index (χ3v) is 4.68. The molecule has 2 amide bonds. The van der Waals surface area contributed by atoms with Crippen molar-refractivity contribution in [2.24, 2.45) is 5.73 Å². The van der Waals surface area contributed by atoms with Crippen molar-refractivity contribution in [2.75, 3.05) is 31.6 Å². The van der Waals surface area contributed by atoms with E-state index < -0.39 is 0 Å². The fraction of sp³-hybridized carbons (Fsp3) is 0.533. The molecule has 19 heavy (non-hydrogen) atoms. The van der Waals surface area contributed by atoms with Crippen molar-refractivity contribution in [2.45, 2.75) is 24.7 Å². The lowest BCUT2D eigenvalue weighted by Gasteiger charge is -2.43. The summed E-state index contributed by atoms with van der Waals surface area (Å²) in [5.74, 6) is 0. The second-order valence-electron chi connectivity index (χ2n) is 5.71. The molecule has 1 heterocycles. The van der Waals surface area contributed by atoms with Gasteiger partial charge in [0.25, 0.3) is 0 Å². The highest BCUT2D eigenvalue weighted by Gasteiger charge is 2.41. The van der Waals surface area contributed by atoms with Crippen molar-refractivity contribution < 1.29 is 4.79 Å². The number of hydrogen-bond donors (Lipinski definition) is 1. The molecule has 4 heteroatoms. The molecule has 1 aliphatic carbocycles. The Morgan fingerprint density at radius 3 is 2.53 bits per heavy atom. The molecule has 1 saturated carbocycles. The van der Waals surface area contributed by atoms with Gasteiger partial charge in [0.15, 0.2) is 0 Å². The van der Waals surface area contributed by atoms with Gasteiger partial charge in [-0.25, -0.2) is 4.79 Å². The summed E-state index contributed by atoms with van der Waals surface area (Å²) < 4.78 is 0. The minimum absolute atomic E-state index is 0.0953. The number of para-hydroxylation sites is 1. The van der Waals surface area contributed by atoms with Gasteiger partial charge in [-0.05, 0) is 24.5 Å². The van der Waals surface area contributed by atoms with Gasteiger partial charge in [-0.15, -0.1) is 0 Å². The molecule has 0 atom stereocenters. The van der Waals surface area contributed by atoms with Crippen LogP contribution in [0.25, 0.3) is 0 Å². The molecule has 1 aliphatic heterocycles. The van der Waals surface area contributed by atoms with E-state index in [-0.39, 0.29) is 11.4 Å². The Kier molecular flexibility index (Phi) is 2.97. The van der Waals surface area contributed by atoms with E-state index in [1.165, 1.54) is 12.0 Å². The standard InChI is InChI=1S/C15H21N3O/c1-17-9-10-18(14(17)19)13-6-3-2-5-12(13)15(11-16)7-4-8-15/h2-3,5-6H,4,7-11,16H2,1H3. The van der Waals surface area contributed by atoms with E-state index in [1.807, 2.05) is 18.0 Å². The van der Waals surface area contributed by atoms with Crippen LogP contribution in [-0.4, -0.2) is 37.6 Å². The Bertz CT molecular complexity index is 490. The summed E-state index contributed by atoms with van der Waals surface area (Å²) >= 11 is 0. The summed E-state index contributed by atoms with van der Waals surface area (Å²) in [7, 11) is 1.85. The molecule has 3 rings (SSSR count). The quantitative estimate of drug-likeness (QED) is 0.902. The summed E-state index contributed by atoms with van der Waals surface area (Å²) in [4.78, 5) is 15.9. The summed E-state index contributed by atoms with van der Waals surface area (Å²) in [6.07, 6.45) is 3.51. The number of benzene rings is 1. The number of anilines is 1. The number of nitrogens with two attached hydrogens (primary N) is 1. The topological polar surface area (TPSA) is 49.6 Å². The van der Waals surface area contributed by atoms with E-state index in [4.69, 9.17) is 5.73 Å². The molecule has 2 fully saturated rings. The fourth-order valence-corrected chi connectivity index (χ4v) is 3.22. The average molecular weight is 259 g/mol. The lowest BCUT2D eigenvalue weighted by Crippen LogP contribution is -2.43. The maximum atomic E-state index is 12.2. The normalized spacial score (nSPS) is 21.7. The first-order valence-electron chi connectivity index (χ1n) is 7.00. The number of amides is 2. The van der Waals surface area contributed by atoms with Crippen molar-refractivity contribution >= 4 is 11.7 Å². The molecule has 0 unspecified atom stereocenters. The Morgan fingerprint density at radius 2 is 2.00 bits per heavy atom. The maximum Gasteiger partial charge on any atom is 0.324 e. The zero-order valence-corrected chi connectivity index (χ0v) is 11.4. The Balaban J connectivity index is 2.01. The zero-order chi connectivity index (χ0) is 13.5. The highest BCUT2D eigenvalue weighted by Crippen LogP contribution is 2.46. The van der Waals surface area contributed by atoms with Crippen LogP contribution in [0.15, 0.2) is 24.3 Å². The van der Waals surface area contributed by atoms with Crippen molar-refractivity contribution in [3.05, 3.63) is 29.8 Å². The Hall–Kier alpha value is -1.55. The van der Waals surface area contributed by atoms with Crippen LogP contribution in [-0.2, 0) is 5.41 Å². The number of carbonyl (C=O) groups excluding carboxylic acids is 1. The van der Waals surface area contributed by atoms with Crippen molar-refractivity contribution in [1.29, 1.82) is 0 Å². The first kappa shape index (κ1) is 12.5. The average Bonchev–Trinajstić information content (AvgIpc) is 2.70. The van der Waals surface area contributed by atoms with Gasteiger partial charge in [-0.3, -0.25) is 4.90 Å². The summed E-state index contributed by atoms with van der Waals surface area (Å²) in [6.45, 7) is 2.23. The predicted octanol–water partition coefficient (Wildman–Crippen LogP) is 1.94. The van der Waals surface area contributed by atoms with Crippen molar-refractivity contribution in [1.82, 2.24) is 4.90 Å². The number of nitrogens with zero attached hydrogens (tertiary/aromatic N) is 2. The van der Waals surface area contributed by atoms with E-state index >= 15 is 0 Å². The molecular weight excluding hydrogens is 238 g/mol. The zero-order valence-electron chi connectivity index (χ0n) is 11.4. The molecule has 4 nitrogen and oxygen atoms in total. The number of urea groups is 1. The van der Waals surface area contributed by atoms with Gasteiger partial charge in [0.1, 0.15) is 0 Å². The van der Waals surface area contributed by atoms with Crippen LogP contribution < -0.4 is 10.6 Å². The Labute approximate surface area is 114 Å². The van der Waals surface area contributed by atoms with Crippen molar-refractivity contribution in [3.8, 4) is 0 Å². The Morgan fingerprint density at radius 1 is 1.26 bits per heavy atom. The highest BCUT2D eigenvalue weighted by atomic mass is 16.2. The number of carbonyl (C=O) groups is 1. The SMILES string of the molecule is CN1CCN(c2ccccc2C2(CN)CCC2)C1=O. The summed E-state index contributed by atoms with van der Waals surface area (Å²) in [6, 6.07) is 8.36. The second kappa shape index (κ2) is 4.53. The molecule has 0 bridgehead atoms. The lowest BCUT2D eigenvalue weighted by atomic mass is 9.64. The van der Waals surface area contributed by atoms with Crippen LogP contribution >= 0.6 is 0 Å². The van der Waals surface area contributed by atoms with Crippen LogP contribution in [0.4, 0.5) is 10.5 Å². The van der Waals surface area contributed by atoms with Gasteiger partial charge in [-0.1, -0.05) is 24.6 Å². The molecule has 102 valence electrons. The smallest absolute Gasteiger partial charge is 0.324 e. The molecule has 1 saturated heterocycles. The second-order valence-corrected chi connectivity index (χ2v) is 5.71. The monoisotopic (exact) mass is 259 g/mol. The summed E-state index contributed by atoms with van der Waals surface area (Å²) in [5.41, 5.74) is 8.43. The molecule has 0 aromatic heterocycles. The predicted molar refractivity (Wildman–Crippen MR) is 76.4 cm³/mol. The lowest BCUT2D eigenvalue weighted by molar-refractivity contribution is 0.228. The molecule has 1 aromatic carbocycles. The minimum Gasteiger partial charge on any atom is -0.330 e. The molecule has 1 aromatic rings. The number of likely N-dealkylation sites (N-methyl/N-ethyl adjacent to an activating group) is 1. The largest absolute Gasteiger partial charge is 0.330 e. The van der Waals surface area contributed by atoms with Crippen LogP contribution in [0, 0.1) is 0 Å². The number of rotatable bonds is 3. The fourth-order valence-electron chi connectivity index (χ4n) is 3.22. The van der Waals surface area contributed by atoms with Crippen LogP contribution in [0.2, 0.25) is 0 Å². The number of hydrogen-bond acceptors (Lipinski definition) is 2. The van der Waals surface area contributed by atoms with E-state index in [0.717, 1.165) is 31.6 Å². The van der Waals surface area contributed by atoms with Crippen LogP contribution in [0.1, 0.15) is 24.8 Å². The van der Waals surface area contributed by atoms with E-state index in [0.29, 0.717) is 6.54 Å². The van der Waals surface area contributed by atoms with E-state index in [1.54, 1.807) is 4.90 Å². The van der Waals surface area contributed by atoms with Gasteiger partial charge in [0.2, 0.25) is 0 Å². The van der Waals surface area contributed by atoms with E-state index in [9.17, 15) is 4.79 Å². The molecule has 0 spiro atoms. The molecular formula is C15H21N3O. The van der Waals surface area contributed by atoms with Gasteiger partial charge in [-0.2, -0.15) is 0 Å². The van der Waals surface area contributed by atoms with Gasteiger partial charge in [0, 0.05) is 37.8 Å². The van der Waals surface area contributed by atoms with E-state index in [2.05, 4.69) is 18.2 Å². The van der Waals surface area contributed by atoms with Gasteiger partial charge < -0.3 is 10.6 Å². The minimum atomic E-state index is 0.0953. The first-order chi connectivity index (χ1) is 9.18. The summed E-state index contributed by atoms with van der Waals surface area (Å²) in [5, 5.41) is 0. The first-order valence-corrected chi connectivity index (χ1v) is 7.00. The molecule has 0 radical (unpaired) electrons. The third-order valence-electron chi connectivity index (χ3n) is 4.68. The van der Waals surface area contributed by atoms with Crippen LogP contribution in [0.5, 0.6) is 0 Å². The maximum absolute atomic E-state index is 12.2. The van der Waals surface area contributed by atoms with Gasteiger partial charge >= 0.3 is 6.03 Å². The molecule has 2 aliphatic rings. The van der Waals surface area contributed by atoms with Crippen molar-refractivity contribution in [3.63, 3.8) is 0 Å². The third kappa shape index (κ3) is 1.82.